The van der Waals surface area contributed by atoms with Crippen LogP contribution in [0.3, 0.4) is 0 Å². The van der Waals surface area contributed by atoms with Gasteiger partial charge in [0.05, 0.1) is 4.92 Å². The predicted octanol–water partition coefficient (Wildman–Crippen LogP) is 0.745. The van der Waals surface area contributed by atoms with Crippen molar-refractivity contribution >= 4 is 5.69 Å². The quantitative estimate of drug-likeness (QED) is 0.341. The predicted molar refractivity (Wildman–Crippen MR) is 61.6 cm³/mol. The molecule has 0 aliphatic rings. The molecule has 6 N–H and O–H groups in total. The van der Waals surface area contributed by atoms with Gasteiger partial charge in [0.1, 0.15) is 0 Å². The maximum atomic E-state index is 10.6. The van der Waals surface area contributed by atoms with E-state index in [1.54, 1.807) is 0 Å². The van der Waals surface area contributed by atoms with Gasteiger partial charge in [0, 0.05) is 12.1 Å². The summed E-state index contributed by atoms with van der Waals surface area (Å²) >= 11 is 0. The zero-order chi connectivity index (χ0) is 13.0. The summed E-state index contributed by atoms with van der Waals surface area (Å²) in [6, 6.07) is 1.93. The van der Waals surface area contributed by atoms with E-state index in [9.17, 15) is 20.3 Å². The van der Waals surface area contributed by atoms with Gasteiger partial charge < -0.3 is 21.7 Å². The Kier molecular flexibility index (Phi) is 4.24. The van der Waals surface area contributed by atoms with Crippen LogP contribution < -0.4 is 11.5 Å². The smallest absolute Gasteiger partial charge is 0.314 e. The van der Waals surface area contributed by atoms with E-state index >= 15 is 0 Å². The van der Waals surface area contributed by atoms with Crippen LogP contribution in [0.15, 0.2) is 12.1 Å². The second-order valence-corrected chi connectivity index (χ2v) is 3.70. The van der Waals surface area contributed by atoms with Gasteiger partial charge in [-0.15, -0.1) is 0 Å². The Labute approximate surface area is 97.8 Å². The van der Waals surface area contributed by atoms with Crippen molar-refractivity contribution in [2.24, 2.45) is 11.5 Å². The van der Waals surface area contributed by atoms with E-state index in [0.29, 0.717) is 24.9 Å². The maximum Gasteiger partial charge on any atom is 0.314 e. The summed E-state index contributed by atoms with van der Waals surface area (Å²) in [5, 5.41) is 29.3. The van der Waals surface area contributed by atoms with E-state index in [4.69, 9.17) is 11.5 Å². The van der Waals surface area contributed by atoms with Gasteiger partial charge in [0.15, 0.2) is 5.75 Å². The molecule has 0 heterocycles. The molecule has 0 aliphatic carbocycles. The summed E-state index contributed by atoms with van der Waals surface area (Å²) in [5.41, 5.74) is 11.0. The summed E-state index contributed by atoms with van der Waals surface area (Å²) in [6.07, 6.45) is 1.23. The standard InChI is InChI=1S/C10H15N3O4/c11-3-1-2-7(12)6-4-8(13(16)17)10(15)9(14)5-6/h4-5,7,14-15H,1-3,11-12H2/t7-/m0/s1. The minimum absolute atomic E-state index is 0.403. The third-order valence-electron chi connectivity index (χ3n) is 2.44. The van der Waals surface area contributed by atoms with E-state index in [1.807, 2.05) is 0 Å². The van der Waals surface area contributed by atoms with Crippen LogP contribution in [0.25, 0.3) is 0 Å². The lowest BCUT2D eigenvalue weighted by molar-refractivity contribution is -0.386. The Hall–Kier alpha value is -1.86. The third kappa shape index (κ3) is 3.05. The first-order valence-corrected chi connectivity index (χ1v) is 5.13. The number of benzene rings is 1. The van der Waals surface area contributed by atoms with Crippen molar-refractivity contribution in [3.8, 4) is 11.5 Å². The summed E-state index contributed by atoms with van der Waals surface area (Å²) in [5.74, 6) is -1.29. The van der Waals surface area contributed by atoms with Crippen molar-refractivity contribution in [3.63, 3.8) is 0 Å². The van der Waals surface area contributed by atoms with Gasteiger partial charge in [-0.3, -0.25) is 10.1 Å². The van der Waals surface area contributed by atoms with Crippen molar-refractivity contribution in [2.45, 2.75) is 18.9 Å². The molecular weight excluding hydrogens is 226 g/mol. The first kappa shape index (κ1) is 13.2. The molecule has 1 atom stereocenters. The van der Waals surface area contributed by atoms with E-state index in [-0.39, 0.29) is 0 Å². The van der Waals surface area contributed by atoms with Crippen LogP contribution in [-0.2, 0) is 0 Å². The fourth-order valence-electron chi connectivity index (χ4n) is 1.48. The fourth-order valence-corrected chi connectivity index (χ4v) is 1.48. The third-order valence-corrected chi connectivity index (χ3v) is 2.44. The van der Waals surface area contributed by atoms with Crippen LogP contribution in [-0.4, -0.2) is 21.7 Å². The lowest BCUT2D eigenvalue weighted by atomic mass is 10.0. The van der Waals surface area contributed by atoms with E-state index in [0.717, 1.165) is 6.07 Å². The molecule has 17 heavy (non-hydrogen) atoms. The number of hydrogen-bond acceptors (Lipinski definition) is 6. The van der Waals surface area contributed by atoms with Gasteiger partial charge in [-0.05, 0) is 31.0 Å². The van der Waals surface area contributed by atoms with Crippen LogP contribution in [0.1, 0.15) is 24.4 Å². The summed E-state index contributed by atoms with van der Waals surface area (Å²) < 4.78 is 0. The normalized spacial score (nSPS) is 12.4. The number of rotatable bonds is 5. The molecule has 0 spiro atoms. The second kappa shape index (κ2) is 5.46. The number of nitrogens with zero attached hydrogens (tertiary/aromatic N) is 1. The molecule has 0 aromatic heterocycles. The lowest BCUT2D eigenvalue weighted by Gasteiger charge is -2.12. The molecule has 94 valence electrons. The first-order valence-electron chi connectivity index (χ1n) is 5.13. The highest BCUT2D eigenvalue weighted by Gasteiger charge is 2.20. The molecule has 0 unspecified atom stereocenters. The Morgan fingerprint density at radius 1 is 1.41 bits per heavy atom. The number of nitrogens with two attached hydrogens (primary N) is 2. The minimum Gasteiger partial charge on any atom is -0.504 e. The number of aromatic hydroxyl groups is 2. The Balaban J connectivity index is 3.05. The van der Waals surface area contributed by atoms with Crippen LogP contribution in [0.4, 0.5) is 5.69 Å². The number of nitro groups is 1. The molecular formula is C10H15N3O4. The van der Waals surface area contributed by atoms with Crippen molar-refractivity contribution < 1.29 is 15.1 Å². The van der Waals surface area contributed by atoms with Crippen LogP contribution >= 0.6 is 0 Å². The summed E-state index contributed by atoms with van der Waals surface area (Å²) in [7, 11) is 0. The molecule has 1 rings (SSSR count). The maximum absolute atomic E-state index is 10.6. The van der Waals surface area contributed by atoms with Crippen LogP contribution in [0, 0.1) is 10.1 Å². The average Bonchev–Trinajstić information content (AvgIpc) is 2.28. The van der Waals surface area contributed by atoms with Gasteiger partial charge in [0.2, 0.25) is 5.75 Å². The molecule has 0 saturated carbocycles. The van der Waals surface area contributed by atoms with Gasteiger partial charge in [-0.25, -0.2) is 0 Å². The van der Waals surface area contributed by atoms with Gasteiger partial charge >= 0.3 is 5.69 Å². The summed E-state index contributed by atoms with van der Waals surface area (Å²) in [4.78, 5) is 9.87. The Morgan fingerprint density at radius 2 is 2.06 bits per heavy atom. The Morgan fingerprint density at radius 3 is 2.59 bits per heavy atom. The highest BCUT2D eigenvalue weighted by Crippen LogP contribution is 2.37. The van der Waals surface area contributed by atoms with Crippen molar-refractivity contribution in [2.75, 3.05) is 6.54 Å². The van der Waals surface area contributed by atoms with Crippen LogP contribution in [0.5, 0.6) is 11.5 Å². The molecule has 7 nitrogen and oxygen atoms in total. The topological polar surface area (TPSA) is 136 Å². The molecule has 7 heteroatoms. The molecule has 0 amide bonds. The lowest BCUT2D eigenvalue weighted by Crippen LogP contribution is -2.12. The van der Waals surface area contributed by atoms with Gasteiger partial charge in [-0.2, -0.15) is 0 Å². The number of phenolic OH excluding ortho intramolecular Hbond substituents is 2. The number of hydrogen-bond donors (Lipinski definition) is 4. The molecule has 0 bridgehead atoms. The number of nitro benzene ring substituents is 1. The van der Waals surface area contributed by atoms with E-state index in [2.05, 4.69) is 0 Å². The molecule has 0 fully saturated rings. The highest BCUT2D eigenvalue weighted by atomic mass is 16.6. The van der Waals surface area contributed by atoms with Crippen LogP contribution in [0.2, 0.25) is 0 Å². The average molecular weight is 241 g/mol. The summed E-state index contributed by atoms with van der Waals surface area (Å²) in [6.45, 7) is 0.472. The zero-order valence-electron chi connectivity index (χ0n) is 9.17. The minimum atomic E-state index is -0.770. The Bertz CT molecular complexity index is 422. The van der Waals surface area contributed by atoms with E-state index < -0.39 is 28.2 Å². The zero-order valence-corrected chi connectivity index (χ0v) is 9.17. The van der Waals surface area contributed by atoms with Crippen molar-refractivity contribution in [3.05, 3.63) is 27.8 Å². The second-order valence-electron chi connectivity index (χ2n) is 3.70. The van der Waals surface area contributed by atoms with E-state index in [1.165, 1.54) is 6.07 Å². The largest absolute Gasteiger partial charge is 0.504 e. The van der Waals surface area contributed by atoms with Crippen molar-refractivity contribution in [1.82, 2.24) is 0 Å². The fraction of sp³-hybridized carbons (Fsp3) is 0.400. The van der Waals surface area contributed by atoms with Gasteiger partial charge in [0.25, 0.3) is 0 Å². The first-order chi connectivity index (χ1) is 7.97. The monoisotopic (exact) mass is 241 g/mol. The van der Waals surface area contributed by atoms with Gasteiger partial charge in [-0.1, -0.05) is 0 Å². The molecule has 0 radical (unpaired) electrons. The molecule has 1 aromatic carbocycles. The SMILES string of the molecule is NCCC[C@H](N)c1cc(O)c(O)c([N+](=O)[O-])c1. The molecule has 0 saturated heterocycles. The molecule has 0 aliphatic heterocycles. The van der Waals surface area contributed by atoms with Crippen molar-refractivity contribution in [1.29, 1.82) is 0 Å². The molecule has 1 aromatic rings. The highest BCUT2D eigenvalue weighted by molar-refractivity contribution is 5.56. The number of phenols is 2.